The third kappa shape index (κ3) is 8.62. The second-order valence-corrected chi connectivity index (χ2v) is 12.3. The number of sulfonamides is 1. The molecule has 0 aliphatic rings. The van der Waals surface area contributed by atoms with Crippen molar-refractivity contribution in [2.24, 2.45) is 0 Å². The Morgan fingerprint density at radius 2 is 1.60 bits per heavy atom. The fraction of sp³-hybridized carbons (Fsp3) is 0.355. The predicted octanol–water partition coefficient (Wildman–Crippen LogP) is 4.68. The SMILES string of the molecule is CC[C@@H](C)NC(=O)[C@@H](Cc1ccccc1)N(Cc1ccccc1Cl)C(=O)CN(c1ccc(OC)c(OC)c1)S(C)(=O)=O. The quantitative estimate of drug-likeness (QED) is 0.282. The molecule has 2 amide bonds. The molecule has 0 unspecified atom stereocenters. The lowest BCUT2D eigenvalue weighted by atomic mass is 10.0. The molecule has 226 valence electrons. The fourth-order valence-electron chi connectivity index (χ4n) is 4.40. The molecule has 2 atom stereocenters. The minimum atomic E-state index is -3.94. The highest BCUT2D eigenvalue weighted by Gasteiger charge is 2.34. The summed E-state index contributed by atoms with van der Waals surface area (Å²) in [6, 6.07) is 19.9. The summed E-state index contributed by atoms with van der Waals surface area (Å²) in [4.78, 5) is 29.4. The Labute approximate surface area is 253 Å². The molecular weight excluding hydrogens is 578 g/mol. The van der Waals surface area contributed by atoms with E-state index in [2.05, 4.69) is 5.32 Å². The summed E-state index contributed by atoms with van der Waals surface area (Å²) in [5, 5.41) is 3.43. The van der Waals surface area contributed by atoms with Crippen LogP contribution >= 0.6 is 11.6 Å². The van der Waals surface area contributed by atoms with Crippen molar-refractivity contribution < 1.29 is 27.5 Å². The lowest BCUT2D eigenvalue weighted by Gasteiger charge is -2.34. The summed E-state index contributed by atoms with van der Waals surface area (Å²) >= 11 is 6.49. The molecule has 3 aromatic carbocycles. The molecule has 0 heterocycles. The summed E-state index contributed by atoms with van der Waals surface area (Å²) in [5.74, 6) is -0.203. The van der Waals surface area contributed by atoms with Crippen LogP contribution in [-0.2, 0) is 32.6 Å². The molecule has 0 fully saturated rings. The summed E-state index contributed by atoms with van der Waals surface area (Å²) in [7, 11) is -1.03. The maximum absolute atomic E-state index is 14.2. The van der Waals surface area contributed by atoms with Gasteiger partial charge in [-0.15, -0.1) is 0 Å². The predicted molar refractivity (Wildman–Crippen MR) is 166 cm³/mol. The molecule has 0 saturated heterocycles. The summed E-state index contributed by atoms with van der Waals surface area (Å²) in [6.45, 7) is 3.28. The molecule has 0 bridgehead atoms. The number of carbonyl (C=O) groups is 2. The van der Waals surface area contributed by atoms with Crippen LogP contribution in [0.25, 0.3) is 0 Å². The van der Waals surface area contributed by atoms with Crippen LogP contribution in [0.2, 0.25) is 5.02 Å². The van der Waals surface area contributed by atoms with Crippen molar-refractivity contribution >= 4 is 39.1 Å². The molecule has 11 heteroatoms. The maximum atomic E-state index is 14.2. The van der Waals surface area contributed by atoms with Gasteiger partial charge in [-0.3, -0.25) is 13.9 Å². The Bertz CT molecular complexity index is 1470. The Balaban J connectivity index is 2.09. The maximum Gasteiger partial charge on any atom is 0.244 e. The normalized spacial score (nSPS) is 12.6. The van der Waals surface area contributed by atoms with Crippen molar-refractivity contribution in [3.05, 3.63) is 88.9 Å². The van der Waals surface area contributed by atoms with Gasteiger partial charge in [0.15, 0.2) is 11.5 Å². The third-order valence-electron chi connectivity index (χ3n) is 6.90. The highest BCUT2D eigenvalue weighted by atomic mass is 35.5. The summed E-state index contributed by atoms with van der Waals surface area (Å²) in [6.07, 6.45) is 1.93. The zero-order chi connectivity index (χ0) is 30.9. The molecule has 42 heavy (non-hydrogen) atoms. The Morgan fingerprint density at radius 1 is 0.952 bits per heavy atom. The van der Waals surface area contributed by atoms with E-state index in [0.29, 0.717) is 28.5 Å². The van der Waals surface area contributed by atoms with Crippen LogP contribution in [0.15, 0.2) is 72.8 Å². The number of hydrogen-bond acceptors (Lipinski definition) is 6. The van der Waals surface area contributed by atoms with E-state index >= 15 is 0 Å². The molecule has 9 nitrogen and oxygen atoms in total. The van der Waals surface area contributed by atoms with Crippen molar-refractivity contribution in [3.8, 4) is 11.5 Å². The molecule has 0 radical (unpaired) electrons. The van der Waals surface area contributed by atoms with Gasteiger partial charge in [0.1, 0.15) is 12.6 Å². The minimum absolute atomic E-state index is 0.00648. The van der Waals surface area contributed by atoms with Gasteiger partial charge < -0.3 is 19.7 Å². The van der Waals surface area contributed by atoms with Gasteiger partial charge in [-0.05, 0) is 42.7 Å². The number of halogens is 1. The second kappa shape index (κ2) is 14.9. The van der Waals surface area contributed by atoms with Crippen molar-refractivity contribution in [2.45, 2.75) is 45.3 Å². The van der Waals surface area contributed by atoms with E-state index in [-0.39, 0.29) is 30.6 Å². The molecule has 0 aliphatic carbocycles. The first-order chi connectivity index (χ1) is 20.0. The summed E-state index contributed by atoms with van der Waals surface area (Å²) in [5.41, 5.74) is 1.68. The van der Waals surface area contributed by atoms with E-state index in [1.165, 1.54) is 31.3 Å². The van der Waals surface area contributed by atoms with Gasteiger partial charge in [-0.2, -0.15) is 0 Å². The van der Waals surface area contributed by atoms with Crippen LogP contribution in [0.3, 0.4) is 0 Å². The zero-order valence-electron chi connectivity index (χ0n) is 24.5. The lowest BCUT2D eigenvalue weighted by Crippen LogP contribution is -2.54. The topological polar surface area (TPSA) is 105 Å². The van der Waals surface area contributed by atoms with Crippen molar-refractivity contribution in [1.82, 2.24) is 10.2 Å². The molecule has 0 aliphatic heterocycles. The minimum Gasteiger partial charge on any atom is -0.493 e. The monoisotopic (exact) mass is 615 g/mol. The molecule has 1 N–H and O–H groups in total. The van der Waals surface area contributed by atoms with Crippen molar-refractivity contribution in [1.29, 1.82) is 0 Å². The first kappa shape index (κ1) is 32.8. The number of anilines is 1. The lowest BCUT2D eigenvalue weighted by molar-refractivity contribution is -0.140. The van der Waals surface area contributed by atoms with Crippen LogP contribution in [0.4, 0.5) is 5.69 Å². The number of hydrogen-bond donors (Lipinski definition) is 1. The Kier molecular flexibility index (Phi) is 11.6. The molecule has 3 aromatic rings. The molecule has 3 rings (SSSR count). The largest absolute Gasteiger partial charge is 0.493 e. The van der Waals surface area contributed by atoms with Gasteiger partial charge in [-0.25, -0.2) is 8.42 Å². The fourth-order valence-corrected chi connectivity index (χ4v) is 5.44. The van der Waals surface area contributed by atoms with Crippen LogP contribution < -0.4 is 19.1 Å². The number of ether oxygens (including phenoxy) is 2. The number of rotatable bonds is 14. The van der Waals surface area contributed by atoms with Gasteiger partial charge >= 0.3 is 0 Å². The molecular formula is C31H38ClN3O6S. The van der Waals surface area contributed by atoms with Crippen LogP contribution in [0, 0.1) is 0 Å². The third-order valence-corrected chi connectivity index (χ3v) is 8.41. The van der Waals surface area contributed by atoms with E-state index in [0.717, 1.165) is 16.1 Å². The number of nitrogens with one attached hydrogen (secondary N) is 1. The Morgan fingerprint density at radius 3 is 2.19 bits per heavy atom. The summed E-state index contributed by atoms with van der Waals surface area (Å²) < 4.78 is 37.7. The molecule has 0 aromatic heterocycles. The average Bonchev–Trinajstić information content (AvgIpc) is 2.97. The van der Waals surface area contributed by atoms with E-state index in [1.54, 1.807) is 30.3 Å². The highest BCUT2D eigenvalue weighted by Crippen LogP contribution is 2.32. The average molecular weight is 616 g/mol. The van der Waals surface area contributed by atoms with E-state index in [9.17, 15) is 18.0 Å². The molecule has 0 spiro atoms. The van der Waals surface area contributed by atoms with E-state index in [1.807, 2.05) is 44.2 Å². The van der Waals surface area contributed by atoms with Crippen molar-refractivity contribution in [3.63, 3.8) is 0 Å². The number of benzene rings is 3. The van der Waals surface area contributed by atoms with Gasteiger partial charge in [0.25, 0.3) is 0 Å². The van der Waals surface area contributed by atoms with E-state index in [4.69, 9.17) is 21.1 Å². The standard InChI is InChI=1S/C31H38ClN3O6S/c1-6-22(2)33-31(37)27(18-23-12-8-7-9-13-23)34(20-24-14-10-11-15-26(24)32)30(36)21-35(42(5,38)39)25-16-17-28(40-3)29(19-25)41-4/h7-17,19,22,27H,6,18,20-21H2,1-5H3,(H,33,37)/t22-,27-/m1/s1. The van der Waals surface area contributed by atoms with Gasteiger partial charge in [-0.1, -0.05) is 67.1 Å². The Hall–Kier alpha value is -3.76. The van der Waals surface area contributed by atoms with Crippen LogP contribution in [-0.4, -0.2) is 64.2 Å². The first-order valence-corrected chi connectivity index (χ1v) is 15.8. The number of methoxy groups -OCH3 is 2. The number of nitrogens with zero attached hydrogens (tertiary/aromatic N) is 2. The van der Waals surface area contributed by atoms with Crippen LogP contribution in [0.5, 0.6) is 11.5 Å². The van der Waals surface area contributed by atoms with Gasteiger partial charge in [0.2, 0.25) is 21.8 Å². The first-order valence-electron chi connectivity index (χ1n) is 13.5. The van der Waals surface area contributed by atoms with E-state index < -0.39 is 28.5 Å². The smallest absolute Gasteiger partial charge is 0.244 e. The number of carbonyl (C=O) groups excluding carboxylic acids is 2. The highest BCUT2D eigenvalue weighted by molar-refractivity contribution is 7.92. The van der Waals surface area contributed by atoms with Crippen LogP contribution in [0.1, 0.15) is 31.4 Å². The zero-order valence-corrected chi connectivity index (χ0v) is 26.1. The van der Waals surface area contributed by atoms with Gasteiger partial charge in [0.05, 0.1) is 26.2 Å². The second-order valence-electron chi connectivity index (χ2n) is 9.95. The molecule has 0 saturated carbocycles. The van der Waals surface area contributed by atoms with Crippen molar-refractivity contribution in [2.75, 3.05) is 31.3 Å². The number of amides is 2. The van der Waals surface area contributed by atoms with Gasteiger partial charge in [0, 0.05) is 30.1 Å².